The summed E-state index contributed by atoms with van der Waals surface area (Å²) < 4.78 is 5.77. The van der Waals surface area contributed by atoms with Crippen molar-refractivity contribution in [2.24, 2.45) is 0 Å². The molecule has 0 atom stereocenters. The van der Waals surface area contributed by atoms with E-state index < -0.39 is 0 Å². The topological polar surface area (TPSA) is 12.5 Å². The van der Waals surface area contributed by atoms with Crippen molar-refractivity contribution in [3.05, 3.63) is 22.6 Å². The average Bonchev–Trinajstić information content (AvgIpc) is 2.16. The minimum Gasteiger partial charge on any atom is -0.490 e. The first-order chi connectivity index (χ1) is 6.95. The number of allylic oxidation sites excluding steroid dienone is 2. The Hall–Kier alpha value is -0.920. The van der Waals surface area contributed by atoms with Crippen molar-refractivity contribution in [3.8, 4) is 0 Å². The molecule has 0 aromatic carbocycles. The fourth-order valence-corrected chi connectivity index (χ4v) is 1.97. The van der Waals surface area contributed by atoms with Crippen LogP contribution >= 0.6 is 0 Å². The molecule has 0 aromatic rings. The molecule has 0 saturated carbocycles. The smallest absolute Gasteiger partial charge is 0.141 e. The predicted octanol–water partition coefficient (Wildman–Crippen LogP) is 3.31. The number of morpholine rings is 1. The van der Waals surface area contributed by atoms with Gasteiger partial charge in [-0.05, 0) is 52.7 Å². The molecule has 0 aliphatic carbocycles. The maximum Gasteiger partial charge on any atom is 0.141 e. The summed E-state index contributed by atoms with van der Waals surface area (Å²) in [5.74, 6) is 1.08. The molecule has 15 heavy (non-hydrogen) atoms. The molecule has 1 heterocycles. The molecule has 1 rings (SSSR count). The van der Waals surface area contributed by atoms with Gasteiger partial charge in [-0.2, -0.15) is 0 Å². The van der Waals surface area contributed by atoms with Crippen LogP contribution in [0.4, 0.5) is 0 Å². The third-order valence-electron chi connectivity index (χ3n) is 2.63. The Morgan fingerprint density at radius 3 is 2.13 bits per heavy atom. The molecule has 0 radical (unpaired) electrons. The van der Waals surface area contributed by atoms with Crippen LogP contribution < -0.4 is 0 Å². The zero-order valence-corrected chi connectivity index (χ0v) is 10.8. The molecule has 1 saturated heterocycles. The summed E-state index contributed by atoms with van der Waals surface area (Å²) in [5, 5.41) is 0. The lowest BCUT2D eigenvalue weighted by molar-refractivity contribution is 0.107. The van der Waals surface area contributed by atoms with Crippen LogP contribution in [0, 0.1) is 0 Å². The third-order valence-corrected chi connectivity index (χ3v) is 2.63. The number of rotatable bonds is 1. The zero-order valence-electron chi connectivity index (χ0n) is 10.8. The van der Waals surface area contributed by atoms with Gasteiger partial charge in [0.25, 0.3) is 0 Å². The summed E-state index contributed by atoms with van der Waals surface area (Å²) in [5.41, 5.74) is 3.88. The molecule has 2 heteroatoms. The van der Waals surface area contributed by atoms with Crippen LogP contribution in [0.5, 0.6) is 0 Å². The Bertz CT molecular complexity index is 292. The van der Waals surface area contributed by atoms with Gasteiger partial charge in [0.2, 0.25) is 0 Å². The van der Waals surface area contributed by atoms with Crippen molar-refractivity contribution in [2.45, 2.75) is 47.6 Å². The lowest BCUT2D eigenvalue weighted by Crippen LogP contribution is -2.39. The van der Waals surface area contributed by atoms with Gasteiger partial charge < -0.3 is 9.64 Å². The lowest BCUT2D eigenvalue weighted by atomic mass is 10.1. The lowest BCUT2D eigenvalue weighted by Gasteiger charge is -2.38. The van der Waals surface area contributed by atoms with Crippen molar-refractivity contribution in [3.63, 3.8) is 0 Å². The van der Waals surface area contributed by atoms with Crippen LogP contribution in [0.2, 0.25) is 0 Å². The molecule has 2 nitrogen and oxygen atoms in total. The van der Waals surface area contributed by atoms with E-state index in [1.165, 1.54) is 16.8 Å². The Kier molecular flexibility index (Phi) is 3.83. The molecule has 1 fully saturated rings. The Balaban J connectivity index is 3.15. The van der Waals surface area contributed by atoms with Crippen LogP contribution in [0.3, 0.4) is 0 Å². The van der Waals surface area contributed by atoms with Gasteiger partial charge in [0.1, 0.15) is 12.4 Å². The highest BCUT2D eigenvalue weighted by molar-refractivity contribution is 5.33. The van der Waals surface area contributed by atoms with Gasteiger partial charge in [-0.25, -0.2) is 0 Å². The van der Waals surface area contributed by atoms with Crippen molar-refractivity contribution < 1.29 is 4.74 Å². The van der Waals surface area contributed by atoms with E-state index in [-0.39, 0.29) is 0 Å². The molecule has 0 unspecified atom stereocenters. The summed E-state index contributed by atoms with van der Waals surface area (Å²) >= 11 is 0. The number of hydrogen-bond donors (Lipinski definition) is 0. The SMILES string of the molecule is CC(C)=C1OCCN(C(C)C)C1=C(C)C. The zero-order chi connectivity index (χ0) is 11.6. The Morgan fingerprint density at radius 2 is 1.73 bits per heavy atom. The Labute approximate surface area is 93.6 Å². The van der Waals surface area contributed by atoms with E-state index in [2.05, 4.69) is 46.4 Å². The second kappa shape index (κ2) is 4.73. The number of ether oxygens (including phenoxy) is 1. The van der Waals surface area contributed by atoms with E-state index >= 15 is 0 Å². The first kappa shape index (κ1) is 12.2. The molecule has 0 amide bonds. The van der Waals surface area contributed by atoms with E-state index in [0.717, 1.165) is 18.9 Å². The van der Waals surface area contributed by atoms with E-state index in [0.29, 0.717) is 6.04 Å². The summed E-state index contributed by atoms with van der Waals surface area (Å²) in [6, 6.07) is 0.535. The largest absolute Gasteiger partial charge is 0.490 e. The van der Waals surface area contributed by atoms with Crippen LogP contribution in [-0.2, 0) is 4.74 Å². The van der Waals surface area contributed by atoms with Gasteiger partial charge in [-0.3, -0.25) is 0 Å². The van der Waals surface area contributed by atoms with Gasteiger partial charge in [0.05, 0.1) is 12.2 Å². The van der Waals surface area contributed by atoms with E-state index in [9.17, 15) is 0 Å². The molecule has 0 N–H and O–H groups in total. The summed E-state index contributed by atoms with van der Waals surface area (Å²) in [7, 11) is 0. The van der Waals surface area contributed by atoms with E-state index in [1.807, 2.05) is 0 Å². The van der Waals surface area contributed by atoms with Gasteiger partial charge in [0.15, 0.2) is 0 Å². The van der Waals surface area contributed by atoms with Crippen molar-refractivity contribution in [2.75, 3.05) is 13.2 Å². The molecule has 1 aliphatic rings. The fraction of sp³-hybridized carbons (Fsp3) is 0.692. The average molecular weight is 209 g/mol. The minimum atomic E-state index is 0.535. The van der Waals surface area contributed by atoms with Gasteiger partial charge in [0, 0.05) is 6.04 Å². The first-order valence-corrected chi connectivity index (χ1v) is 5.70. The number of nitrogens with zero attached hydrogens (tertiary/aromatic N) is 1. The Morgan fingerprint density at radius 1 is 1.13 bits per heavy atom. The van der Waals surface area contributed by atoms with Crippen LogP contribution in [0.1, 0.15) is 41.5 Å². The summed E-state index contributed by atoms with van der Waals surface area (Å²) in [6.45, 7) is 14.8. The monoisotopic (exact) mass is 209 g/mol. The van der Waals surface area contributed by atoms with Gasteiger partial charge >= 0.3 is 0 Å². The number of hydrogen-bond acceptors (Lipinski definition) is 2. The third kappa shape index (κ3) is 2.55. The first-order valence-electron chi connectivity index (χ1n) is 5.70. The molecule has 0 spiro atoms. The van der Waals surface area contributed by atoms with Crippen LogP contribution in [0.25, 0.3) is 0 Å². The maximum absolute atomic E-state index is 5.77. The summed E-state index contributed by atoms with van der Waals surface area (Å²) in [4.78, 5) is 2.43. The van der Waals surface area contributed by atoms with Gasteiger partial charge in [-0.15, -0.1) is 0 Å². The van der Waals surface area contributed by atoms with Crippen LogP contribution in [0.15, 0.2) is 22.6 Å². The molecule has 0 aromatic heterocycles. The summed E-state index contributed by atoms with van der Waals surface area (Å²) in [6.07, 6.45) is 0. The highest BCUT2D eigenvalue weighted by Crippen LogP contribution is 2.28. The predicted molar refractivity (Wildman–Crippen MR) is 64.5 cm³/mol. The molecule has 1 aliphatic heterocycles. The molecular formula is C13H23NO. The van der Waals surface area contributed by atoms with E-state index in [1.54, 1.807) is 0 Å². The van der Waals surface area contributed by atoms with Crippen molar-refractivity contribution >= 4 is 0 Å². The fourth-order valence-electron chi connectivity index (χ4n) is 1.97. The second-order valence-corrected chi connectivity index (χ2v) is 4.81. The standard InChI is InChI=1S/C13H23NO/c1-9(2)12-13(10(3)4)15-8-7-14(12)11(5)6/h11H,7-8H2,1-6H3. The normalized spacial score (nSPS) is 16.9. The van der Waals surface area contributed by atoms with Crippen molar-refractivity contribution in [1.29, 1.82) is 0 Å². The molecule has 86 valence electrons. The van der Waals surface area contributed by atoms with Crippen molar-refractivity contribution in [1.82, 2.24) is 4.90 Å². The second-order valence-electron chi connectivity index (χ2n) is 4.81. The minimum absolute atomic E-state index is 0.535. The molecular weight excluding hydrogens is 186 g/mol. The van der Waals surface area contributed by atoms with Gasteiger partial charge in [-0.1, -0.05) is 0 Å². The van der Waals surface area contributed by atoms with Crippen LogP contribution in [-0.4, -0.2) is 24.1 Å². The van der Waals surface area contributed by atoms with E-state index in [4.69, 9.17) is 4.74 Å². The quantitative estimate of drug-likeness (QED) is 0.657. The highest BCUT2D eigenvalue weighted by atomic mass is 16.5. The highest BCUT2D eigenvalue weighted by Gasteiger charge is 2.24. The maximum atomic E-state index is 5.77. The molecule has 0 bridgehead atoms.